The Morgan fingerprint density at radius 3 is 2.68 bits per heavy atom. The molecule has 22 heavy (non-hydrogen) atoms. The van der Waals surface area contributed by atoms with Crippen LogP contribution in [0.5, 0.6) is 0 Å². The summed E-state index contributed by atoms with van der Waals surface area (Å²) in [5.74, 6) is 0.160. The summed E-state index contributed by atoms with van der Waals surface area (Å²) in [5.41, 5.74) is 3.43. The number of carbonyl (C=O) groups excluding carboxylic acids is 1. The van der Waals surface area contributed by atoms with Gasteiger partial charge in [0.05, 0.1) is 36.0 Å². The highest BCUT2D eigenvalue weighted by Crippen LogP contribution is 2.38. The van der Waals surface area contributed by atoms with E-state index in [1.165, 1.54) is 0 Å². The molecule has 0 aliphatic heterocycles. The highest BCUT2D eigenvalue weighted by Gasteiger charge is 2.36. The molecule has 4 nitrogen and oxygen atoms in total. The van der Waals surface area contributed by atoms with Gasteiger partial charge in [-0.3, -0.25) is 9.48 Å². The smallest absolute Gasteiger partial charge is 0.167 e. The van der Waals surface area contributed by atoms with E-state index in [1.54, 1.807) is 0 Å². The van der Waals surface area contributed by atoms with Crippen LogP contribution in [0.2, 0.25) is 0 Å². The van der Waals surface area contributed by atoms with Gasteiger partial charge in [0, 0.05) is 12.0 Å². The number of aromatic nitrogens is 2. The molecular weight excluding hydrogens is 274 g/mol. The quantitative estimate of drug-likeness (QED) is 0.868. The van der Waals surface area contributed by atoms with Crippen LogP contribution in [0.25, 0.3) is 11.3 Å². The Labute approximate surface area is 130 Å². The normalized spacial score (nSPS) is 16.1. The molecule has 0 fully saturated rings. The number of ketones is 1. The number of benzene rings is 1. The van der Waals surface area contributed by atoms with Crippen molar-refractivity contribution in [1.82, 2.24) is 9.78 Å². The molecule has 0 N–H and O–H groups in total. The van der Waals surface area contributed by atoms with Gasteiger partial charge in [0.1, 0.15) is 0 Å². The molecule has 0 bridgehead atoms. The molecule has 2 aromatic rings. The van der Waals surface area contributed by atoms with Crippen molar-refractivity contribution in [1.29, 1.82) is 5.26 Å². The molecule has 112 valence electrons. The molecule has 4 heteroatoms. The molecule has 0 atom stereocenters. The molecule has 0 spiro atoms. The van der Waals surface area contributed by atoms with Crippen molar-refractivity contribution in [3.05, 3.63) is 41.6 Å². The minimum Gasteiger partial charge on any atom is -0.294 e. The molecule has 0 unspecified atom stereocenters. The predicted octanol–water partition coefficient (Wildman–Crippen LogP) is 3.62. The summed E-state index contributed by atoms with van der Waals surface area (Å²) in [5, 5.41) is 13.5. The maximum absolute atomic E-state index is 12.7. The fourth-order valence-electron chi connectivity index (χ4n) is 3.17. The largest absolute Gasteiger partial charge is 0.294 e. The van der Waals surface area contributed by atoms with Crippen LogP contribution >= 0.6 is 0 Å². The SMILES string of the molecule is CC1(C)CC(=O)c2c(nn(CCC#N)c2-c2ccccc2)C1. The number of aryl methyl sites for hydroxylation is 1. The first-order valence-electron chi connectivity index (χ1n) is 7.57. The van der Waals surface area contributed by atoms with E-state index in [1.807, 2.05) is 35.0 Å². The van der Waals surface area contributed by atoms with Crippen molar-refractivity contribution < 1.29 is 4.79 Å². The van der Waals surface area contributed by atoms with Crippen molar-refractivity contribution in [3.8, 4) is 17.3 Å². The molecule has 1 heterocycles. The van der Waals surface area contributed by atoms with Crippen LogP contribution in [0, 0.1) is 16.7 Å². The van der Waals surface area contributed by atoms with Gasteiger partial charge < -0.3 is 0 Å². The average Bonchev–Trinajstić information content (AvgIpc) is 2.83. The topological polar surface area (TPSA) is 58.7 Å². The van der Waals surface area contributed by atoms with Crippen LogP contribution < -0.4 is 0 Å². The lowest BCUT2D eigenvalue weighted by atomic mass is 9.75. The number of hydrogen-bond acceptors (Lipinski definition) is 3. The van der Waals surface area contributed by atoms with Gasteiger partial charge in [-0.05, 0) is 11.8 Å². The van der Waals surface area contributed by atoms with E-state index in [0.29, 0.717) is 19.4 Å². The molecule has 0 radical (unpaired) electrons. The second-order valence-electron chi connectivity index (χ2n) is 6.61. The van der Waals surface area contributed by atoms with E-state index >= 15 is 0 Å². The second-order valence-corrected chi connectivity index (χ2v) is 6.61. The fraction of sp³-hybridized carbons (Fsp3) is 0.389. The molecule has 0 amide bonds. The van der Waals surface area contributed by atoms with Crippen molar-refractivity contribution in [3.63, 3.8) is 0 Å². The number of Topliss-reactive ketones (excluding diaryl/α,β-unsaturated/α-hetero) is 1. The summed E-state index contributed by atoms with van der Waals surface area (Å²) < 4.78 is 1.84. The van der Waals surface area contributed by atoms with E-state index in [9.17, 15) is 4.79 Å². The maximum Gasteiger partial charge on any atom is 0.167 e. The molecular formula is C18H19N3O. The number of fused-ring (bicyclic) bond motifs is 1. The van der Waals surface area contributed by atoms with E-state index in [2.05, 4.69) is 25.0 Å². The first-order valence-corrected chi connectivity index (χ1v) is 7.57. The fourth-order valence-corrected chi connectivity index (χ4v) is 3.17. The van der Waals surface area contributed by atoms with Crippen molar-refractivity contribution in [2.24, 2.45) is 5.41 Å². The Kier molecular flexibility index (Phi) is 3.58. The zero-order chi connectivity index (χ0) is 15.7. The molecule has 0 saturated heterocycles. The summed E-state index contributed by atoms with van der Waals surface area (Å²) >= 11 is 0. The Morgan fingerprint density at radius 1 is 1.27 bits per heavy atom. The van der Waals surface area contributed by atoms with Crippen LogP contribution in [0.3, 0.4) is 0 Å². The second kappa shape index (κ2) is 5.42. The van der Waals surface area contributed by atoms with E-state index < -0.39 is 0 Å². The Morgan fingerprint density at radius 2 is 2.00 bits per heavy atom. The standard InChI is InChI=1S/C18H19N3O/c1-18(2)11-14-16(15(22)12-18)17(13-7-4-3-5-8-13)21(20-14)10-6-9-19/h3-5,7-8H,6,10-12H2,1-2H3. The molecule has 0 saturated carbocycles. The van der Waals surface area contributed by atoms with Gasteiger partial charge in [-0.1, -0.05) is 44.2 Å². The number of rotatable bonds is 3. The van der Waals surface area contributed by atoms with Gasteiger partial charge >= 0.3 is 0 Å². The third kappa shape index (κ3) is 2.55. The highest BCUT2D eigenvalue weighted by atomic mass is 16.1. The van der Waals surface area contributed by atoms with E-state index in [0.717, 1.165) is 28.9 Å². The van der Waals surface area contributed by atoms with Crippen molar-refractivity contribution >= 4 is 5.78 Å². The molecule has 3 rings (SSSR count). The zero-order valence-corrected chi connectivity index (χ0v) is 13.0. The first kappa shape index (κ1) is 14.5. The van der Waals surface area contributed by atoms with Crippen LogP contribution in [-0.2, 0) is 13.0 Å². The lowest BCUT2D eigenvalue weighted by Gasteiger charge is -2.27. The van der Waals surface area contributed by atoms with Crippen LogP contribution in [0.1, 0.15) is 42.7 Å². The van der Waals surface area contributed by atoms with Crippen LogP contribution in [0.4, 0.5) is 0 Å². The van der Waals surface area contributed by atoms with Gasteiger partial charge in [0.2, 0.25) is 0 Å². The van der Waals surface area contributed by atoms with E-state index in [-0.39, 0.29) is 11.2 Å². The Hall–Kier alpha value is -2.41. The summed E-state index contributed by atoms with van der Waals surface area (Å²) in [6, 6.07) is 12.0. The Bertz CT molecular complexity index is 751. The lowest BCUT2D eigenvalue weighted by molar-refractivity contribution is 0.0912. The molecule has 1 aromatic carbocycles. The maximum atomic E-state index is 12.7. The summed E-state index contributed by atoms with van der Waals surface area (Å²) in [4.78, 5) is 12.7. The van der Waals surface area contributed by atoms with Gasteiger partial charge in [-0.25, -0.2) is 0 Å². The number of nitrogens with zero attached hydrogens (tertiary/aromatic N) is 3. The van der Waals surface area contributed by atoms with Gasteiger partial charge in [0.25, 0.3) is 0 Å². The van der Waals surface area contributed by atoms with Gasteiger partial charge in [-0.15, -0.1) is 0 Å². The molecule has 1 aliphatic rings. The number of nitriles is 1. The van der Waals surface area contributed by atoms with Crippen molar-refractivity contribution in [2.75, 3.05) is 0 Å². The minimum atomic E-state index is -0.0492. The zero-order valence-electron chi connectivity index (χ0n) is 13.0. The number of carbonyl (C=O) groups is 1. The average molecular weight is 293 g/mol. The lowest BCUT2D eigenvalue weighted by Crippen LogP contribution is -2.26. The van der Waals surface area contributed by atoms with Crippen LogP contribution in [-0.4, -0.2) is 15.6 Å². The summed E-state index contributed by atoms with van der Waals surface area (Å²) in [7, 11) is 0. The summed E-state index contributed by atoms with van der Waals surface area (Å²) in [6.45, 7) is 4.72. The third-order valence-corrected chi connectivity index (χ3v) is 4.07. The minimum absolute atomic E-state index is 0.0492. The predicted molar refractivity (Wildman–Crippen MR) is 84.3 cm³/mol. The Balaban J connectivity index is 2.17. The number of hydrogen-bond donors (Lipinski definition) is 0. The first-order chi connectivity index (χ1) is 10.5. The van der Waals surface area contributed by atoms with Crippen molar-refractivity contribution in [2.45, 2.75) is 39.7 Å². The monoisotopic (exact) mass is 293 g/mol. The molecule has 1 aromatic heterocycles. The highest BCUT2D eigenvalue weighted by molar-refractivity contribution is 6.04. The van der Waals surface area contributed by atoms with Gasteiger partial charge in [-0.2, -0.15) is 10.4 Å². The molecule has 1 aliphatic carbocycles. The van der Waals surface area contributed by atoms with Crippen LogP contribution in [0.15, 0.2) is 30.3 Å². The van der Waals surface area contributed by atoms with E-state index in [4.69, 9.17) is 5.26 Å². The van der Waals surface area contributed by atoms with Gasteiger partial charge in [0.15, 0.2) is 5.78 Å². The summed E-state index contributed by atoms with van der Waals surface area (Å²) in [6.07, 6.45) is 1.73. The third-order valence-electron chi connectivity index (χ3n) is 4.07.